The van der Waals surface area contributed by atoms with E-state index in [4.69, 9.17) is 19.6 Å². The molecule has 1 atom stereocenters. The first-order valence-corrected chi connectivity index (χ1v) is 14.8. The van der Waals surface area contributed by atoms with Gasteiger partial charge in [0.15, 0.2) is 5.82 Å². The molecular formula is C36H40N4O3. The summed E-state index contributed by atoms with van der Waals surface area (Å²) < 4.78 is 15.2. The predicted octanol–water partition coefficient (Wildman–Crippen LogP) is 7.97. The molecule has 7 nitrogen and oxygen atoms in total. The topological polar surface area (TPSA) is 70.6 Å². The second kappa shape index (κ2) is 12.3. The van der Waals surface area contributed by atoms with Crippen molar-refractivity contribution >= 4 is 17.1 Å². The van der Waals surface area contributed by atoms with E-state index in [1.807, 2.05) is 43.3 Å². The van der Waals surface area contributed by atoms with Crippen LogP contribution in [-0.2, 0) is 0 Å². The van der Waals surface area contributed by atoms with Crippen LogP contribution in [0.25, 0.3) is 28.0 Å². The molecular weight excluding hydrogens is 536 g/mol. The van der Waals surface area contributed by atoms with Crippen LogP contribution in [0.1, 0.15) is 68.1 Å². The Morgan fingerprint density at radius 2 is 1.70 bits per heavy atom. The quantitative estimate of drug-likeness (QED) is 0.167. The molecule has 0 aliphatic rings. The van der Waals surface area contributed by atoms with Gasteiger partial charge in [-0.1, -0.05) is 32.9 Å². The number of fused-ring (bicyclic) bond motifs is 1. The van der Waals surface area contributed by atoms with Crippen LogP contribution in [0.4, 0.5) is 0 Å². The van der Waals surface area contributed by atoms with Gasteiger partial charge >= 0.3 is 0 Å². The summed E-state index contributed by atoms with van der Waals surface area (Å²) in [6.45, 7) is 14.6. The molecule has 0 unspecified atom stereocenters. The average Bonchev–Trinajstić information content (AvgIpc) is 3.28. The maximum atomic E-state index is 13.9. The van der Waals surface area contributed by atoms with Gasteiger partial charge in [0, 0.05) is 28.2 Å². The SMILES string of the molecule is CC[C@@H](C)Oc1ccc(-n2c(C)cc(C=Nn3c(-c4cc(C(C)C)c(OC)cc4C)nc4ccccc4c3=O)c2C)cc1. The van der Waals surface area contributed by atoms with E-state index in [2.05, 4.69) is 70.4 Å². The smallest absolute Gasteiger partial charge is 0.282 e. The lowest BCUT2D eigenvalue weighted by Gasteiger charge is -2.17. The third-order valence-corrected chi connectivity index (χ3v) is 7.98. The number of methoxy groups -OCH3 is 1. The van der Waals surface area contributed by atoms with Crippen molar-refractivity contribution in [2.45, 2.75) is 66.9 Å². The molecule has 0 saturated heterocycles. The summed E-state index contributed by atoms with van der Waals surface area (Å²) in [7, 11) is 1.68. The fourth-order valence-corrected chi connectivity index (χ4v) is 5.40. The van der Waals surface area contributed by atoms with Gasteiger partial charge in [0.05, 0.1) is 30.3 Å². The zero-order valence-corrected chi connectivity index (χ0v) is 26.3. The normalized spacial score (nSPS) is 12.4. The minimum absolute atomic E-state index is 0.167. The highest BCUT2D eigenvalue weighted by Gasteiger charge is 2.19. The van der Waals surface area contributed by atoms with Gasteiger partial charge in [0.2, 0.25) is 0 Å². The lowest BCUT2D eigenvalue weighted by Crippen LogP contribution is -2.21. The van der Waals surface area contributed by atoms with Gasteiger partial charge in [-0.15, -0.1) is 0 Å². The third kappa shape index (κ3) is 5.85. The first kappa shape index (κ1) is 29.8. The van der Waals surface area contributed by atoms with E-state index in [0.717, 1.165) is 57.2 Å². The monoisotopic (exact) mass is 576 g/mol. The molecule has 0 amide bonds. The molecule has 2 aromatic heterocycles. The molecule has 2 heterocycles. The molecule has 43 heavy (non-hydrogen) atoms. The second-order valence-corrected chi connectivity index (χ2v) is 11.4. The van der Waals surface area contributed by atoms with Crippen LogP contribution in [0.3, 0.4) is 0 Å². The minimum atomic E-state index is -0.219. The van der Waals surface area contributed by atoms with E-state index in [0.29, 0.717) is 16.7 Å². The molecule has 5 aromatic rings. The van der Waals surface area contributed by atoms with Gasteiger partial charge in [-0.2, -0.15) is 9.78 Å². The van der Waals surface area contributed by atoms with Gasteiger partial charge < -0.3 is 14.0 Å². The molecule has 0 spiro atoms. The molecule has 7 heteroatoms. The fourth-order valence-electron chi connectivity index (χ4n) is 5.40. The first-order valence-electron chi connectivity index (χ1n) is 14.8. The number of aromatic nitrogens is 3. The van der Waals surface area contributed by atoms with Crippen LogP contribution >= 0.6 is 0 Å². The van der Waals surface area contributed by atoms with Gasteiger partial charge in [-0.3, -0.25) is 4.79 Å². The zero-order valence-electron chi connectivity index (χ0n) is 26.3. The highest BCUT2D eigenvalue weighted by Crippen LogP contribution is 2.34. The Bertz CT molecular complexity index is 1860. The summed E-state index contributed by atoms with van der Waals surface area (Å²) in [5, 5.41) is 5.30. The Hall–Kier alpha value is -4.65. The summed E-state index contributed by atoms with van der Waals surface area (Å²) in [6, 6.07) is 21.7. The van der Waals surface area contributed by atoms with E-state index in [9.17, 15) is 4.79 Å². The van der Waals surface area contributed by atoms with E-state index in [1.54, 1.807) is 19.4 Å². The molecule has 3 aromatic carbocycles. The summed E-state index contributed by atoms with van der Waals surface area (Å²) in [5.41, 5.74) is 7.28. The predicted molar refractivity (Wildman–Crippen MR) is 175 cm³/mol. The van der Waals surface area contributed by atoms with Crippen molar-refractivity contribution in [3.05, 3.63) is 105 Å². The zero-order chi connectivity index (χ0) is 30.8. The molecule has 222 valence electrons. The fraction of sp³-hybridized carbons (Fsp3) is 0.306. The van der Waals surface area contributed by atoms with E-state index < -0.39 is 0 Å². The first-order chi connectivity index (χ1) is 20.6. The van der Waals surface area contributed by atoms with Crippen LogP contribution in [0.5, 0.6) is 11.5 Å². The molecule has 0 bridgehead atoms. The average molecular weight is 577 g/mol. The van der Waals surface area contributed by atoms with Crippen molar-refractivity contribution in [3.8, 4) is 28.6 Å². The second-order valence-electron chi connectivity index (χ2n) is 11.4. The van der Waals surface area contributed by atoms with Crippen LogP contribution < -0.4 is 15.0 Å². The van der Waals surface area contributed by atoms with E-state index in [-0.39, 0.29) is 17.6 Å². The molecule has 0 aliphatic heterocycles. The summed E-state index contributed by atoms with van der Waals surface area (Å²) in [4.78, 5) is 18.8. The van der Waals surface area contributed by atoms with Crippen LogP contribution in [0.2, 0.25) is 0 Å². The Kier molecular flexibility index (Phi) is 8.53. The highest BCUT2D eigenvalue weighted by atomic mass is 16.5. The van der Waals surface area contributed by atoms with Gasteiger partial charge in [0.25, 0.3) is 5.56 Å². The Morgan fingerprint density at radius 3 is 2.37 bits per heavy atom. The molecule has 0 fully saturated rings. The van der Waals surface area contributed by atoms with Crippen molar-refractivity contribution in [2.24, 2.45) is 5.10 Å². The van der Waals surface area contributed by atoms with Crippen LogP contribution in [0, 0.1) is 20.8 Å². The van der Waals surface area contributed by atoms with Gasteiger partial charge in [-0.25, -0.2) is 4.98 Å². The number of nitrogens with zero attached hydrogens (tertiary/aromatic N) is 4. The van der Waals surface area contributed by atoms with Crippen molar-refractivity contribution in [1.29, 1.82) is 0 Å². The van der Waals surface area contributed by atoms with Crippen LogP contribution in [0.15, 0.2) is 76.6 Å². The molecule has 0 N–H and O–H groups in total. The standard InChI is InChI=1S/C36H40N4O3/c1-9-25(6)43-29-16-14-28(15-17-29)39-24(5)19-27(26(39)7)21-37-40-35(38-33-13-11-10-12-30(33)36(40)41)32-20-31(22(2)3)34(42-8)18-23(32)4/h10-22,25H,9H2,1-8H3/t25-/m1/s1. The van der Waals surface area contributed by atoms with E-state index in [1.165, 1.54) is 4.68 Å². The Labute approximate surface area is 253 Å². The Morgan fingerprint density at radius 1 is 0.977 bits per heavy atom. The van der Waals surface area contributed by atoms with Crippen molar-refractivity contribution in [2.75, 3.05) is 7.11 Å². The largest absolute Gasteiger partial charge is 0.496 e. The van der Waals surface area contributed by atoms with E-state index >= 15 is 0 Å². The number of hydrogen-bond acceptors (Lipinski definition) is 5. The molecule has 0 saturated carbocycles. The summed E-state index contributed by atoms with van der Waals surface area (Å²) in [6.07, 6.45) is 2.87. The number of para-hydroxylation sites is 1. The van der Waals surface area contributed by atoms with Crippen molar-refractivity contribution in [3.63, 3.8) is 0 Å². The maximum Gasteiger partial charge on any atom is 0.282 e. The van der Waals surface area contributed by atoms with Crippen LogP contribution in [-0.4, -0.2) is 33.7 Å². The van der Waals surface area contributed by atoms with Gasteiger partial charge in [-0.05, 0) is 106 Å². The lowest BCUT2D eigenvalue weighted by atomic mass is 9.96. The molecule has 0 radical (unpaired) electrons. The number of aryl methyl sites for hydroxylation is 2. The van der Waals surface area contributed by atoms with Gasteiger partial charge in [0.1, 0.15) is 11.5 Å². The maximum absolute atomic E-state index is 13.9. The number of rotatable bonds is 9. The minimum Gasteiger partial charge on any atom is -0.496 e. The molecule has 5 rings (SSSR count). The van der Waals surface area contributed by atoms with Crippen molar-refractivity contribution in [1.82, 2.24) is 14.2 Å². The molecule has 0 aliphatic carbocycles. The number of benzene rings is 3. The number of hydrogen-bond donors (Lipinski definition) is 0. The Balaban J connectivity index is 1.61. The summed E-state index contributed by atoms with van der Waals surface area (Å²) >= 11 is 0. The number of ether oxygens (including phenoxy) is 2. The third-order valence-electron chi connectivity index (χ3n) is 7.98. The lowest BCUT2D eigenvalue weighted by molar-refractivity contribution is 0.217. The summed E-state index contributed by atoms with van der Waals surface area (Å²) in [5.74, 6) is 2.39. The van der Waals surface area contributed by atoms with Crippen molar-refractivity contribution < 1.29 is 9.47 Å². The highest BCUT2D eigenvalue weighted by molar-refractivity contribution is 5.84.